The third kappa shape index (κ3) is 3.69. The van der Waals surface area contributed by atoms with Gasteiger partial charge in [0.05, 0.1) is 21.4 Å². The van der Waals surface area contributed by atoms with E-state index >= 15 is 0 Å². The normalized spacial score (nSPS) is 11.4. The highest BCUT2D eigenvalue weighted by atomic mass is 35.5. The lowest BCUT2D eigenvalue weighted by Gasteiger charge is -2.06. The third-order valence-electron chi connectivity index (χ3n) is 2.59. The van der Waals surface area contributed by atoms with Gasteiger partial charge in [0.15, 0.2) is 0 Å². The fraction of sp³-hybridized carbons (Fsp3) is 0.143. The maximum Gasteiger partial charge on any atom is 0.0677 e. The van der Waals surface area contributed by atoms with Crippen molar-refractivity contribution in [1.29, 1.82) is 0 Å². The van der Waals surface area contributed by atoms with E-state index in [-0.39, 0.29) is 0 Å². The Balaban J connectivity index is 2.18. The lowest BCUT2D eigenvalue weighted by molar-refractivity contribution is 1.21. The predicted octanol–water partition coefficient (Wildman–Crippen LogP) is 4.61. The number of pyridine rings is 1. The van der Waals surface area contributed by atoms with Gasteiger partial charge in [0, 0.05) is 18.0 Å². The highest BCUT2D eigenvalue weighted by Gasteiger charge is 2.02. The Kier molecular flexibility index (Phi) is 4.77. The third-order valence-corrected chi connectivity index (χ3v) is 3.33. The molecule has 1 N–H and O–H groups in total. The van der Waals surface area contributed by atoms with Crippen LogP contribution in [-0.2, 0) is 0 Å². The molecule has 0 aliphatic heterocycles. The number of nitrogens with zero attached hydrogens (tertiary/aromatic N) is 2. The molecule has 0 radical (unpaired) electrons. The average Bonchev–Trinajstić information content (AvgIpc) is 2.44. The number of hydrazone groups is 1. The zero-order chi connectivity index (χ0) is 13.7. The number of nitrogens with one attached hydrogen (secondary N) is 1. The summed E-state index contributed by atoms with van der Waals surface area (Å²) < 4.78 is 0. The van der Waals surface area contributed by atoms with E-state index in [4.69, 9.17) is 23.2 Å². The zero-order valence-corrected chi connectivity index (χ0v) is 11.9. The van der Waals surface area contributed by atoms with Crippen molar-refractivity contribution in [2.45, 2.75) is 13.3 Å². The fourth-order valence-corrected chi connectivity index (χ4v) is 1.89. The van der Waals surface area contributed by atoms with Gasteiger partial charge in [-0.1, -0.05) is 30.1 Å². The Labute approximate surface area is 122 Å². The number of anilines is 1. The van der Waals surface area contributed by atoms with Gasteiger partial charge in [-0.3, -0.25) is 10.4 Å². The summed E-state index contributed by atoms with van der Waals surface area (Å²) >= 11 is 11.8. The van der Waals surface area contributed by atoms with E-state index in [0.717, 1.165) is 23.4 Å². The minimum atomic E-state index is 0.504. The van der Waals surface area contributed by atoms with E-state index in [1.165, 1.54) is 0 Å². The summed E-state index contributed by atoms with van der Waals surface area (Å²) in [5.41, 5.74) is 5.79. The molecule has 19 heavy (non-hydrogen) atoms. The van der Waals surface area contributed by atoms with Crippen molar-refractivity contribution < 1.29 is 0 Å². The summed E-state index contributed by atoms with van der Waals surface area (Å²) in [6, 6.07) is 9.17. The number of aromatic nitrogens is 1. The van der Waals surface area contributed by atoms with Gasteiger partial charge in [0.25, 0.3) is 0 Å². The standard InChI is InChI=1S/C14H13Cl2N3/c1-2-14(10-5-7-17-8-6-10)19-18-11-3-4-12(15)13(16)9-11/h3-9,18H,2H2,1H3/b19-14+. The number of halogens is 2. The molecule has 98 valence electrons. The van der Waals surface area contributed by atoms with Crippen LogP contribution in [0.25, 0.3) is 0 Å². The summed E-state index contributed by atoms with van der Waals surface area (Å²) in [6.07, 6.45) is 4.32. The van der Waals surface area contributed by atoms with Crippen molar-refractivity contribution in [2.24, 2.45) is 5.10 Å². The number of hydrogen-bond donors (Lipinski definition) is 1. The maximum atomic E-state index is 5.95. The van der Waals surface area contributed by atoms with Crippen molar-refractivity contribution in [3.63, 3.8) is 0 Å². The van der Waals surface area contributed by atoms with Crippen LogP contribution in [0.3, 0.4) is 0 Å². The maximum absolute atomic E-state index is 5.95. The first-order chi connectivity index (χ1) is 9.20. The van der Waals surface area contributed by atoms with E-state index in [2.05, 4.69) is 22.4 Å². The molecule has 0 fully saturated rings. The monoisotopic (exact) mass is 293 g/mol. The molecular formula is C14H13Cl2N3. The molecule has 5 heteroatoms. The average molecular weight is 294 g/mol. The molecule has 1 aromatic carbocycles. The molecule has 0 amide bonds. The highest BCUT2D eigenvalue weighted by Crippen LogP contribution is 2.25. The summed E-state index contributed by atoms with van der Waals surface area (Å²) in [7, 11) is 0. The molecule has 2 rings (SSSR count). The van der Waals surface area contributed by atoms with Gasteiger partial charge in [-0.05, 0) is 36.8 Å². The minimum absolute atomic E-state index is 0.504. The van der Waals surface area contributed by atoms with Crippen LogP contribution < -0.4 is 5.43 Å². The van der Waals surface area contributed by atoms with Gasteiger partial charge in [0.1, 0.15) is 0 Å². The van der Waals surface area contributed by atoms with Gasteiger partial charge in [-0.2, -0.15) is 5.10 Å². The van der Waals surface area contributed by atoms with Crippen LogP contribution in [-0.4, -0.2) is 10.7 Å². The quantitative estimate of drug-likeness (QED) is 0.660. The van der Waals surface area contributed by atoms with Crippen molar-refractivity contribution >= 4 is 34.6 Å². The summed E-state index contributed by atoms with van der Waals surface area (Å²) in [6.45, 7) is 2.05. The molecule has 0 aliphatic rings. The van der Waals surface area contributed by atoms with Crippen LogP contribution in [0.15, 0.2) is 47.8 Å². The van der Waals surface area contributed by atoms with Gasteiger partial charge < -0.3 is 0 Å². The van der Waals surface area contributed by atoms with Crippen molar-refractivity contribution in [2.75, 3.05) is 5.43 Å². The smallest absolute Gasteiger partial charge is 0.0677 e. The Morgan fingerprint density at radius 1 is 1.16 bits per heavy atom. The first kappa shape index (κ1) is 13.8. The van der Waals surface area contributed by atoms with E-state index < -0.39 is 0 Å². The first-order valence-electron chi connectivity index (χ1n) is 5.88. The number of rotatable bonds is 4. The molecule has 0 aliphatic carbocycles. The van der Waals surface area contributed by atoms with Crippen LogP contribution in [0.1, 0.15) is 18.9 Å². The molecule has 3 nitrogen and oxygen atoms in total. The summed E-state index contributed by atoms with van der Waals surface area (Å²) in [5.74, 6) is 0. The Morgan fingerprint density at radius 3 is 2.53 bits per heavy atom. The topological polar surface area (TPSA) is 37.3 Å². The summed E-state index contributed by atoms with van der Waals surface area (Å²) in [5, 5.41) is 5.42. The van der Waals surface area contributed by atoms with E-state index in [1.54, 1.807) is 24.5 Å². The van der Waals surface area contributed by atoms with Gasteiger partial charge in [-0.15, -0.1) is 0 Å². The molecular weight excluding hydrogens is 281 g/mol. The van der Waals surface area contributed by atoms with Gasteiger partial charge in [-0.25, -0.2) is 0 Å². The first-order valence-corrected chi connectivity index (χ1v) is 6.64. The molecule has 0 saturated heterocycles. The van der Waals surface area contributed by atoms with Gasteiger partial charge in [0.2, 0.25) is 0 Å². The van der Waals surface area contributed by atoms with Crippen LogP contribution in [0.2, 0.25) is 10.0 Å². The molecule has 0 unspecified atom stereocenters. The van der Waals surface area contributed by atoms with Crippen LogP contribution in [0.4, 0.5) is 5.69 Å². The molecule has 1 aromatic heterocycles. The van der Waals surface area contributed by atoms with Crippen molar-refractivity contribution in [3.8, 4) is 0 Å². The molecule has 0 bridgehead atoms. The molecule has 0 atom stereocenters. The van der Waals surface area contributed by atoms with Gasteiger partial charge >= 0.3 is 0 Å². The Hall–Kier alpha value is -1.58. The fourth-order valence-electron chi connectivity index (χ4n) is 1.59. The molecule has 1 heterocycles. The van der Waals surface area contributed by atoms with E-state index in [9.17, 15) is 0 Å². The lowest BCUT2D eigenvalue weighted by atomic mass is 10.1. The largest absolute Gasteiger partial charge is 0.278 e. The SMILES string of the molecule is CC/C(=N\Nc1ccc(Cl)c(Cl)c1)c1ccncc1. The van der Waals surface area contributed by atoms with Crippen molar-refractivity contribution in [3.05, 3.63) is 58.3 Å². The highest BCUT2D eigenvalue weighted by molar-refractivity contribution is 6.42. The van der Waals surface area contributed by atoms with E-state index in [1.807, 2.05) is 18.2 Å². The number of benzene rings is 1. The van der Waals surface area contributed by atoms with Crippen LogP contribution in [0.5, 0.6) is 0 Å². The molecule has 0 spiro atoms. The van der Waals surface area contributed by atoms with Crippen molar-refractivity contribution in [1.82, 2.24) is 4.98 Å². The summed E-state index contributed by atoms with van der Waals surface area (Å²) in [4.78, 5) is 3.99. The second kappa shape index (κ2) is 6.55. The molecule has 2 aromatic rings. The molecule has 0 saturated carbocycles. The Morgan fingerprint density at radius 2 is 1.89 bits per heavy atom. The minimum Gasteiger partial charge on any atom is -0.278 e. The van der Waals surface area contributed by atoms with Crippen LogP contribution in [0, 0.1) is 0 Å². The number of hydrogen-bond acceptors (Lipinski definition) is 3. The van der Waals surface area contributed by atoms with Crippen LogP contribution >= 0.6 is 23.2 Å². The second-order valence-corrected chi connectivity index (χ2v) is 4.70. The predicted molar refractivity (Wildman–Crippen MR) is 81.1 cm³/mol. The zero-order valence-electron chi connectivity index (χ0n) is 10.4. The second-order valence-electron chi connectivity index (χ2n) is 3.89. The van der Waals surface area contributed by atoms with E-state index in [0.29, 0.717) is 10.0 Å². The lowest BCUT2D eigenvalue weighted by Crippen LogP contribution is -2.03. The Bertz CT molecular complexity index is 582.